The zero-order valence-corrected chi connectivity index (χ0v) is 27.2. The van der Waals surface area contributed by atoms with E-state index in [1.54, 1.807) is 45.0 Å². The second-order valence-corrected chi connectivity index (χ2v) is 14.5. The van der Waals surface area contributed by atoms with Gasteiger partial charge in [-0.1, -0.05) is 45.0 Å². The van der Waals surface area contributed by atoms with Crippen LogP contribution in [0.2, 0.25) is 0 Å². The number of hydrogen-bond acceptors (Lipinski definition) is 6. The molecule has 3 heterocycles. The molecule has 5 aromatic rings. The Morgan fingerprint density at radius 2 is 1.67 bits per heavy atom. The minimum atomic E-state index is -0.988. The van der Waals surface area contributed by atoms with E-state index in [1.165, 1.54) is 12.3 Å². The number of carbonyl (C=O) groups is 1. The molecule has 0 aliphatic heterocycles. The Labute approximate surface area is 267 Å². The van der Waals surface area contributed by atoms with Crippen LogP contribution in [0.1, 0.15) is 51.6 Å². The lowest BCUT2D eigenvalue weighted by atomic mass is 9.88. The number of thioether (sulfide) groups is 1. The largest absolute Gasteiger partial charge is 0.487 e. The summed E-state index contributed by atoms with van der Waals surface area (Å²) < 4.78 is 26.7. The van der Waals surface area contributed by atoms with E-state index in [-0.39, 0.29) is 11.4 Å². The van der Waals surface area contributed by atoms with E-state index in [0.717, 1.165) is 38.2 Å². The van der Waals surface area contributed by atoms with E-state index < -0.39 is 17.2 Å². The number of carboxylic acids is 1. The molecule has 9 heteroatoms. The first-order valence-corrected chi connectivity index (χ1v) is 15.5. The van der Waals surface area contributed by atoms with E-state index in [4.69, 9.17) is 9.47 Å². The molecule has 234 valence electrons. The van der Waals surface area contributed by atoms with Gasteiger partial charge in [-0.3, -0.25) is 9.78 Å². The van der Waals surface area contributed by atoms with Crippen molar-refractivity contribution in [3.05, 3.63) is 102 Å². The minimum Gasteiger partial charge on any atom is -0.487 e. The van der Waals surface area contributed by atoms with Gasteiger partial charge in [0.15, 0.2) is 0 Å². The molecule has 0 saturated carbocycles. The summed E-state index contributed by atoms with van der Waals surface area (Å²) in [4.78, 5) is 21.8. The molecule has 5 rings (SSSR count). The Morgan fingerprint density at radius 3 is 2.27 bits per heavy atom. The number of hydrogen-bond donors (Lipinski definition) is 1. The summed E-state index contributed by atoms with van der Waals surface area (Å²) >= 11 is 1.73. The molecule has 0 atom stereocenters. The van der Waals surface area contributed by atoms with Gasteiger partial charge in [-0.2, -0.15) is 0 Å². The second kappa shape index (κ2) is 12.9. The lowest BCUT2D eigenvalue weighted by Crippen LogP contribution is -2.28. The monoisotopic (exact) mass is 627 g/mol. The number of halogens is 1. The van der Waals surface area contributed by atoms with Gasteiger partial charge in [0.05, 0.1) is 24.4 Å². The molecular formula is C36H38FN3O4S. The van der Waals surface area contributed by atoms with E-state index in [0.29, 0.717) is 30.3 Å². The Balaban J connectivity index is 1.56. The van der Waals surface area contributed by atoms with Crippen LogP contribution in [0.25, 0.3) is 22.0 Å². The average molecular weight is 628 g/mol. The van der Waals surface area contributed by atoms with E-state index >= 15 is 0 Å². The molecule has 0 amide bonds. The number of pyridine rings is 2. The number of nitrogens with zero attached hydrogens (tertiary/aromatic N) is 3. The topological polar surface area (TPSA) is 86.5 Å². The third-order valence-electron chi connectivity index (χ3n) is 7.44. The number of aliphatic carboxylic acids is 1. The molecule has 1 N–H and O–H groups in total. The third-order valence-corrected chi connectivity index (χ3v) is 8.71. The van der Waals surface area contributed by atoms with Gasteiger partial charge in [-0.05, 0) is 61.4 Å². The van der Waals surface area contributed by atoms with Crippen molar-refractivity contribution in [2.75, 3.05) is 7.11 Å². The highest BCUT2D eigenvalue weighted by molar-refractivity contribution is 8.00. The fraction of sp³-hybridized carbons (Fsp3) is 0.306. The molecule has 0 unspecified atom stereocenters. The average Bonchev–Trinajstić information content (AvgIpc) is 3.26. The number of aromatic nitrogens is 3. The highest BCUT2D eigenvalue weighted by Crippen LogP contribution is 2.44. The van der Waals surface area contributed by atoms with Gasteiger partial charge in [0.1, 0.15) is 18.2 Å². The maximum absolute atomic E-state index is 13.3. The Kier molecular flexibility index (Phi) is 9.20. The van der Waals surface area contributed by atoms with Gasteiger partial charge in [-0.15, -0.1) is 11.8 Å². The van der Waals surface area contributed by atoms with Crippen molar-refractivity contribution >= 4 is 28.6 Å². The van der Waals surface area contributed by atoms with E-state index in [9.17, 15) is 14.3 Å². The fourth-order valence-electron chi connectivity index (χ4n) is 5.02. The van der Waals surface area contributed by atoms with Crippen LogP contribution < -0.4 is 9.47 Å². The molecule has 0 radical (unpaired) electrons. The zero-order valence-electron chi connectivity index (χ0n) is 26.4. The van der Waals surface area contributed by atoms with Crippen molar-refractivity contribution in [2.45, 2.75) is 63.8 Å². The summed E-state index contributed by atoms with van der Waals surface area (Å²) in [6.45, 7) is 10.8. The molecule has 2 aromatic carbocycles. The van der Waals surface area contributed by atoms with Crippen LogP contribution in [0.4, 0.5) is 4.39 Å². The summed E-state index contributed by atoms with van der Waals surface area (Å²) in [6.07, 6.45) is 3.32. The predicted molar refractivity (Wildman–Crippen MR) is 177 cm³/mol. The fourth-order valence-corrected chi connectivity index (χ4v) is 6.21. The SMILES string of the molecule is COc1ccc(-c2ccc(Cn3c(CC(C)(C)C(=O)O)c(SC(C)(C)C)c4cc(OCc5ccc(F)cn5)ccc43)cc2)cn1. The molecule has 0 spiro atoms. The minimum absolute atomic E-state index is 0.135. The number of methoxy groups -OCH3 is 1. The van der Waals surface area contributed by atoms with Crippen molar-refractivity contribution in [1.82, 2.24) is 14.5 Å². The third kappa shape index (κ3) is 7.65. The highest BCUT2D eigenvalue weighted by atomic mass is 32.2. The summed E-state index contributed by atoms with van der Waals surface area (Å²) in [5.74, 6) is -0.0202. The number of fused-ring (bicyclic) bond motifs is 1. The number of benzene rings is 2. The van der Waals surface area contributed by atoms with Gasteiger partial charge in [-0.25, -0.2) is 9.37 Å². The van der Waals surface area contributed by atoms with E-state index in [2.05, 4.69) is 59.6 Å². The first kappa shape index (κ1) is 32.0. The summed E-state index contributed by atoms with van der Waals surface area (Å²) in [5, 5.41) is 11.1. The van der Waals surface area contributed by atoms with Crippen LogP contribution in [0.15, 0.2) is 84.0 Å². The van der Waals surface area contributed by atoms with Crippen LogP contribution in [-0.4, -0.2) is 37.5 Å². The van der Waals surface area contributed by atoms with Crippen LogP contribution in [0, 0.1) is 11.2 Å². The van der Waals surface area contributed by atoms with Gasteiger partial charge < -0.3 is 19.1 Å². The Morgan fingerprint density at radius 1 is 0.933 bits per heavy atom. The second-order valence-electron chi connectivity index (χ2n) is 12.7. The summed E-state index contributed by atoms with van der Waals surface area (Å²) in [5.41, 5.74) is 4.71. The molecule has 0 bridgehead atoms. The lowest BCUT2D eigenvalue weighted by molar-refractivity contribution is -0.146. The molecule has 0 aliphatic rings. The van der Waals surface area contributed by atoms with Gasteiger partial charge in [0.25, 0.3) is 0 Å². The van der Waals surface area contributed by atoms with E-state index in [1.807, 2.05) is 30.3 Å². The first-order chi connectivity index (χ1) is 21.3. The number of ether oxygens (including phenoxy) is 2. The summed E-state index contributed by atoms with van der Waals surface area (Å²) in [6, 6.07) is 21.1. The molecule has 7 nitrogen and oxygen atoms in total. The molecule has 3 aromatic heterocycles. The molecule has 0 fully saturated rings. The summed E-state index contributed by atoms with van der Waals surface area (Å²) in [7, 11) is 1.60. The van der Waals surface area contributed by atoms with Crippen molar-refractivity contribution in [3.8, 4) is 22.8 Å². The maximum Gasteiger partial charge on any atom is 0.309 e. The Hall–Kier alpha value is -4.37. The van der Waals surface area contributed by atoms with Crippen molar-refractivity contribution in [1.29, 1.82) is 0 Å². The van der Waals surface area contributed by atoms with Crippen molar-refractivity contribution in [3.63, 3.8) is 0 Å². The smallest absolute Gasteiger partial charge is 0.309 e. The quantitative estimate of drug-likeness (QED) is 0.147. The van der Waals surface area contributed by atoms with Crippen molar-refractivity contribution in [2.24, 2.45) is 5.41 Å². The predicted octanol–water partition coefficient (Wildman–Crippen LogP) is 8.42. The lowest BCUT2D eigenvalue weighted by Gasteiger charge is -2.24. The number of rotatable bonds is 11. The molecule has 0 aliphatic carbocycles. The Bertz CT molecular complexity index is 1790. The van der Waals surface area contributed by atoms with Gasteiger partial charge in [0.2, 0.25) is 5.88 Å². The van der Waals surface area contributed by atoms with Gasteiger partial charge >= 0.3 is 5.97 Å². The maximum atomic E-state index is 13.3. The van der Waals surface area contributed by atoms with Crippen LogP contribution in [0.3, 0.4) is 0 Å². The number of carboxylic acid groups (broad SMARTS) is 1. The standard InChI is InChI=1S/C36H38FN3O4S/c1-35(2,3)45-33-29-17-28(44-22-27-13-12-26(37)20-38-27)14-15-30(29)40(31(33)18-36(4,5)34(41)42)21-23-7-9-24(10-8-23)25-11-16-32(43-6)39-19-25/h7-17,19-20H,18,21-22H2,1-6H3,(H,41,42). The molecule has 0 saturated heterocycles. The zero-order chi connectivity index (χ0) is 32.4. The van der Waals surface area contributed by atoms with Crippen LogP contribution >= 0.6 is 11.8 Å². The highest BCUT2D eigenvalue weighted by Gasteiger charge is 2.33. The van der Waals surface area contributed by atoms with Crippen molar-refractivity contribution < 1.29 is 23.8 Å². The molecule has 45 heavy (non-hydrogen) atoms. The van der Waals surface area contributed by atoms with Gasteiger partial charge in [0, 0.05) is 57.0 Å². The molecular weight excluding hydrogens is 589 g/mol. The first-order valence-electron chi connectivity index (χ1n) is 14.7. The van der Waals surface area contributed by atoms with Crippen LogP contribution in [0.5, 0.6) is 11.6 Å². The normalized spacial score (nSPS) is 12.0. The van der Waals surface area contributed by atoms with Crippen LogP contribution in [-0.2, 0) is 24.4 Å².